The van der Waals surface area contributed by atoms with Crippen LogP contribution in [0.2, 0.25) is 0 Å². The Kier molecular flexibility index (Phi) is 5.51. The lowest BCUT2D eigenvalue weighted by Crippen LogP contribution is -2.26. The van der Waals surface area contributed by atoms with Crippen LogP contribution in [0.15, 0.2) is 26.3 Å². The van der Waals surface area contributed by atoms with E-state index in [-0.39, 0.29) is 4.90 Å². The molecule has 0 amide bonds. The van der Waals surface area contributed by atoms with Gasteiger partial charge < -0.3 is 9.73 Å². The Morgan fingerprint density at radius 1 is 1.43 bits per heavy atom. The summed E-state index contributed by atoms with van der Waals surface area (Å²) in [4.78, 5) is 4.32. The van der Waals surface area contributed by atoms with Gasteiger partial charge in [0.15, 0.2) is 0 Å². The number of furan rings is 1. The van der Waals surface area contributed by atoms with Crippen LogP contribution >= 0.6 is 11.3 Å². The number of aryl methyl sites for hydroxylation is 1. The maximum Gasteiger partial charge on any atom is 0.244 e. The third kappa shape index (κ3) is 4.37. The van der Waals surface area contributed by atoms with E-state index in [1.807, 2.05) is 12.3 Å². The number of nitrogens with one attached hydrogen (secondary N) is 2. The van der Waals surface area contributed by atoms with Crippen molar-refractivity contribution in [3.05, 3.63) is 34.2 Å². The van der Waals surface area contributed by atoms with Crippen molar-refractivity contribution in [1.29, 1.82) is 0 Å². The maximum atomic E-state index is 12.3. The van der Waals surface area contributed by atoms with E-state index in [1.165, 1.54) is 11.3 Å². The molecule has 8 heteroatoms. The van der Waals surface area contributed by atoms with E-state index in [0.29, 0.717) is 31.0 Å². The van der Waals surface area contributed by atoms with E-state index in [0.717, 1.165) is 12.2 Å². The molecule has 6 nitrogen and oxygen atoms in total. The SMILES string of the molecule is CCNCc1cc(S(=O)(=O)NCCc2cscn2)c(C)o1. The van der Waals surface area contributed by atoms with Crippen molar-refractivity contribution in [2.24, 2.45) is 0 Å². The summed E-state index contributed by atoms with van der Waals surface area (Å²) in [5, 5.41) is 5.01. The van der Waals surface area contributed by atoms with Crippen molar-refractivity contribution in [1.82, 2.24) is 15.0 Å². The molecule has 116 valence electrons. The summed E-state index contributed by atoms with van der Waals surface area (Å²) in [6.45, 7) is 5.27. The monoisotopic (exact) mass is 329 g/mol. The molecule has 2 N–H and O–H groups in total. The highest BCUT2D eigenvalue weighted by Gasteiger charge is 2.20. The summed E-state index contributed by atoms with van der Waals surface area (Å²) in [6.07, 6.45) is 0.573. The van der Waals surface area contributed by atoms with Gasteiger partial charge in [-0.15, -0.1) is 11.3 Å². The molecule has 0 spiro atoms. The quantitative estimate of drug-likeness (QED) is 0.770. The average molecular weight is 329 g/mol. The fourth-order valence-electron chi connectivity index (χ4n) is 1.88. The topological polar surface area (TPSA) is 84.2 Å². The van der Waals surface area contributed by atoms with Crippen LogP contribution in [0.3, 0.4) is 0 Å². The van der Waals surface area contributed by atoms with Crippen molar-refractivity contribution in [2.45, 2.75) is 31.7 Å². The van der Waals surface area contributed by atoms with Gasteiger partial charge in [-0.2, -0.15) is 0 Å². The second-order valence-electron chi connectivity index (χ2n) is 4.54. The van der Waals surface area contributed by atoms with Gasteiger partial charge in [0.05, 0.1) is 17.7 Å². The lowest BCUT2D eigenvalue weighted by atomic mass is 10.3. The molecule has 2 aromatic rings. The molecule has 0 aromatic carbocycles. The van der Waals surface area contributed by atoms with Gasteiger partial charge >= 0.3 is 0 Å². The predicted molar refractivity (Wildman–Crippen MR) is 81.8 cm³/mol. The van der Waals surface area contributed by atoms with Crippen molar-refractivity contribution in [2.75, 3.05) is 13.1 Å². The Labute approximate surface area is 128 Å². The van der Waals surface area contributed by atoms with Crippen molar-refractivity contribution >= 4 is 21.4 Å². The highest BCUT2D eigenvalue weighted by Crippen LogP contribution is 2.19. The molecule has 0 aliphatic rings. The van der Waals surface area contributed by atoms with E-state index in [1.54, 1.807) is 18.5 Å². The first-order chi connectivity index (χ1) is 10.0. The summed E-state index contributed by atoms with van der Waals surface area (Å²) in [7, 11) is -3.54. The third-order valence-electron chi connectivity index (χ3n) is 2.92. The van der Waals surface area contributed by atoms with Gasteiger partial charge in [0, 0.05) is 24.4 Å². The largest absolute Gasteiger partial charge is 0.464 e. The summed E-state index contributed by atoms with van der Waals surface area (Å²) < 4.78 is 32.6. The molecular weight excluding hydrogens is 310 g/mol. The molecule has 2 rings (SSSR count). The second-order valence-corrected chi connectivity index (χ2v) is 7.00. The van der Waals surface area contributed by atoms with Crippen LogP contribution in [0.5, 0.6) is 0 Å². The zero-order valence-corrected chi connectivity index (χ0v) is 13.7. The van der Waals surface area contributed by atoms with E-state index >= 15 is 0 Å². The first-order valence-corrected chi connectivity index (χ1v) is 9.12. The minimum Gasteiger partial charge on any atom is -0.464 e. The number of sulfonamides is 1. The van der Waals surface area contributed by atoms with Crippen LogP contribution < -0.4 is 10.0 Å². The Hall–Kier alpha value is -1.22. The normalized spacial score (nSPS) is 11.9. The Bertz CT molecular complexity index is 663. The van der Waals surface area contributed by atoms with Crippen LogP contribution in [0.1, 0.15) is 24.1 Å². The number of hydrogen-bond donors (Lipinski definition) is 2. The van der Waals surface area contributed by atoms with Gasteiger partial charge in [0.25, 0.3) is 0 Å². The Balaban J connectivity index is 1.99. The van der Waals surface area contributed by atoms with Crippen LogP contribution in [0.25, 0.3) is 0 Å². The van der Waals surface area contributed by atoms with E-state index in [2.05, 4.69) is 15.0 Å². The van der Waals surface area contributed by atoms with Crippen molar-refractivity contribution in [3.63, 3.8) is 0 Å². The molecular formula is C13H19N3O3S2. The molecule has 0 bridgehead atoms. The van der Waals surface area contributed by atoms with Crippen molar-refractivity contribution < 1.29 is 12.8 Å². The number of aromatic nitrogens is 1. The molecule has 0 saturated carbocycles. The molecule has 0 atom stereocenters. The molecule has 0 aliphatic heterocycles. The first-order valence-electron chi connectivity index (χ1n) is 6.69. The van der Waals surface area contributed by atoms with E-state index in [4.69, 9.17) is 4.42 Å². The third-order valence-corrected chi connectivity index (χ3v) is 5.12. The van der Waals surface area contributed by atoms with Gasteiger partial charge in [0.1, 0.15) is 16.4 Å². The fourth-order valence-corrected chi connectivity index (χ4v) is 3.70. The van der Waals surface area contributed by atoms with Crippen LogP contribution in [-0.2, 0) is 23.0 Å². The number of thiazole rings is 1. The molecule has 21 heavy (non-hydrogen) atoms. The molecule has 0 fully saturated rings. The molecule has 0 unspecified atom stereocenters. The predicted octanol–water partition coefficient (Wildman–Crippen LogP) is 1.68. The van der Waals surface area contributed by atoms with E-state index < -0.39 is 10.0 Å². The van der Waals surface area contributed by atoms with Gasteiger partial charge in [-0.3, -0.25) is 0 Å². The minimum absolute atomic E-state index is 0.202. The molecule has 2 heterocycles. The first kappa shape index (κ1) is 16.2. The van der Waals surface area contributed by atoms with E-state index in [9.17, 15) is 8.42 Å². The summed E-state index contributed by atoms with van der Waals surface area (Å²) in [5.41, 5.74) is 2.62. The number of nitrogens with zero attached hydrogens (tertiary/aromatic N) is 1. The number of hydrogen-bond acceptors (Lipinski definition) is 6. The zero-order valence-electron chi connectivity index (χ0n) is 12.0. The molecule has 0 saturated heterocycles. The lowest BCUT2D eigenvalue weighted by molar-refractivity contribution is 0.460. The molecule has 2 aromatic heterocycles. The van der Waals surface area contributed by atoms with Gasteiger partial charge in [-0.25, -0.2) is 18.1 Å². The van der Waals surface area contributed by atoms with Crippen LogP contribution in [0.4, 0.5) is 0 Å². The average Bonchev–Trinajstić information content (AvgIpc) is 3.06. The van der Waals surface area contributed by atoms with Crippen LogP contribution in [-0.4, -0.2) is 26.5 Å². The Morgan fingerprint density at radius 2 is 2.24 bits per heavy atom. The summed E-state index contributed by atoms with van der Waals surface area (Å²) in [5.74, 6) is 1.03. The van der Waals surface area contributed by atoms with Crippen molar-refractivity contribution in [3.8, 4) is 0 Å². The second kappa shape index (κ2) is 7.17. The van der Waals surface area contributed by atoms with Crippen LogP contribution in [0, 0.1) is 6.92 Å². The summed E-state index contributed by atoms with van der Waals surface area (Å²) in [6, 6.07) is 1.57. The standard InChI is InChI=1S/C13H19N3O3S2/c1-3-14-7-12-6-13(10(2)19-12)21(17,18)16-5-4-11-8-20-9-15-11/h6,8-9,14,16H,3-5,7H2,1-2H3. The number of rotatable bonds is 8. The molecule has 0 radical (unpaired) electrons. The van der Waals surface area contributed by atoms with Gasteiger partial charge in [-0.1, -0.05) is 6.92 Å². The minimum atomic E-state index is -3.54. The van der Waals surface area contributed by atoms with Gasteiger partial charge in [0.2, 0.25) is 10.0 Å². The smallest absolute Gasteiger partial charge is 0.244 e. The lowest BCUT2D eigenvalue weighted by Gasteiger charge is -2.04. The zero-order chi connectivity index (χ0) is 15.3. The maximum absolute atomic E-state index is 12.3. The Morgan fingerprint density at radius 3 is 2.90 bits per heavy atom. The van der Waals surface area contributed by atoms with Gasteiger partial charge in [-0.05, 0) is 13.5 Å². The fraction of sp³-hybridized carbons (Fsp3) is 0.462. The highest BCUT2D eigenvalue weighted by atomic mass is 32.2. The summed E-state index contributed by atoms with van der Waals surface area (Å²) >= 11 is 1.50. The molecule has 0 aliphatic carbocycles. The highest BCUT2D eigenvalue weighted by molar-refractivity contribution is 7.89.